The molecule has 1 saturated carbocycles. The van der Waals surface area contributed by atoms with E-state index in [1.165, 1.54) is 6.42 Å². The first kappa shape index (κ1) is 18.7. The van der Waals surface area contributed by atoms with Crippen LogP contribution in [-0.4, -0.2) is 30.2 Å². The van der Waals surface area contributed by atoms with Gasteiger partial charge >= 0.3 is 6.09 Å². The smallest absolute Gasteiger partial charge is 0.407 e. The largest absolute Gasteiger partial charge is 0.444 e. The number of amides is 2. The van der Waals surface area contributed by atoms with Gasteiger partial charge in [0.05, 0.1) is 6.04 Å². The lowest BCUT2D eigenvalue weighted by Gasteiger charge is -2.37. The quantitative estimate of drug-likeness (QED) is 0.868. The van der Waals surface area contributed by atoms with Crippen LogP contribution < -0.4 is 10.2 Å². The summed E-state index contributed by atoms with van der Waals surface area (Å²) in [5, 5.41) is 2.95. The molecule has 1 heterocycles. The Bertz CT molecular complexity index is 659. The van der Waals surface area contributed by atoms with Crippen molar-refractivity contribution in [1.29, 1.82) is 0 Å². The van der Waals surface area contributed by atoms with Gasteiger partial charge in [0.1, 0.15) is 5.60 Å². The van der Waals surface area contributed by atoms with E-state index in [1.54, 1.807) is 0 Å². The lowest BCUT2D eigenvalue weighted by molar-refractivity contribution is -0.123. The number of carbonyl (C=O) groups is 2. The van der Waals surface area contributed by atoms with Crippen LogP contribution in [0, 0.1) is 5.92 Å². The van der Waals surface area contributed by atoms with Crippen LogP contribution in [-0.2, 0) is 16.0 Å². The molecule has 1 fully saturated rings. The Kier molecular flexibility index (Phi) is 5.54. The Hall–Kier alpha value is -2.04. The number of fused-ring (bicyclic) bond motifs is 1. The monoisotopic (exact) mass is 358 g/mol. The number of hydrogen-bond donors (Lipinski definition) is 1. The molecule has 1 unspecified atom stereocenters. The molecule has 1 aromatic rings. The highest BCUT2D eigenvalue weighted by molar-refractivity contribution is 5.96. The fourth-order valence-electron chi connectivity index (χ4n) is 3.95. The molecule has 2 aliphatic rings. The third-order valence-electron chi connectivity index (χ3n) is 5.09. The third-order valence-corrected chi connectivity index (χ3v) is 5.09. The van der Waals surface area contributed by atoms with Gasteiger partial charge in [-0.05, 0) is 51.7 Å². The summed E-state index contributed by atoms with van der Waals surface area (Å²) in [6, 6.07) is 7.88. The zero-order valence-corrected chi connectivity index (χ0v) is 16.1. The minimum atomic E-state index is -0.533. The van der Waals surface area contributed by atoms with Crippen molar-refractivity contribution in [3.05, 3.63) is 29.8 Å². The van der Waals surface area contributed by atoms with Crippen molar-refractivity contribution in [2.45, 2.75) is 70.9 Å². The topological polar surface area (TPSA) is 58.6 Å². The molecule has 26 heavy (non-hydrogen) atoms. The molecular formula is C21H30N2O3. The molecular weight excluding hydrogens is 328 g/mol. The number of ether oxygens (including phenoxy) is 1. The molecule has 0 saturated heterocycles. The second-order valence-electron chi connectivity index (χ2n) is 8.46. The number of benzene rings is 1. The number of nitrogens with zero attached hydrogens (tertiary/aromatic N) is 1. The Morgan fingerprint density at radius 1 is 1.12 bits per heavy atom. The minimum absolute atomic E-state index is 0.108. The molecule has 5 nitrogen and oxygen atoms in total. The average Bonchev–Trinajstić information content (AvgIpc) is 2.59. The summed E-state index contributed by atoms with van der Waals surface area (Å²) < 4.78 is 5.39. The molecule has 0 radical (unpaired) electrons. The van der Waals surface area contributed by atoms with Crippen LogP contribution in [0.4, 0.5) is 10.5 Å². The van der Waals surface area contributed by atoms with E-state index < -0.39 is 11.7 Å². The highest BCUT2D eigenvalue weighted by atomic mass is 16.6. The van der Waals surface area contributed by atoms with Gasteiger partial charge in [-0.15, -0.1) is 0 Å². The van der Waals surface area contributed by atoms with E-state index in [-0.39, 0.29) is 17.9 Å². The van der Waals surface area contributed by atoms with Crippen molar-refractivity contribution >= 4 is 17.7 Å². The van der Waals surface area contributed by atoms with Crippen LogP contribution in [0.1, 0.15) is 58.4 Å². The number of anilines is 1. The molecule has 0 aromatic heterocycles. The maximum absolute atomic E-state index is 13.2. The molecule has 1 N–H and O–H groups in total. The van der Waals surface area contributed by atoms with E-state index >= 15 is 0 Å². The molecule has 1 atom stereocenters. The number of para-hydroxylation sites is 1. The molecule has 3 rings (SSSR count). The predicted molar refractivity (Wildman–Crippen MR) is 102 cm³/mol. The summed E-state index contributed by atoms with van der Waals surface area (Å²) in [6.07, 6.45) is 5.72. The standard InChI is InChI=1S/C21H30N2O3/c1-21(2,3)26-20(25)22-17-13-16-11-7-8-12-18(16)23(14-17)19(24)15-9-5-4-6-10-15/h7-8,11-12,15,17H,4-6,9-10,13-14H2,1-3H3,(H,22,25). The van der Waals surface area contributed by atoms with Crippen LogP contribution in [0.5, 0.6) is 0 Å². The van der Waals surface area contributed by atoms with Gasteiger partial charge in [0.25, 0.3) is 0 Å². The Morgan fingerprint density at radius 2 is 1.81 bits per heavy atom. The number of alkyl carbamates (subject to hydrolysis) is 1. The van der Waals surface area contributed by atoms with E-state index in [4.69, 9.17) is 4.74 Å². The van der Waals surface area contributed by atoms with Crippen molar-refractivity contribution in [3.8, 4) is 0 Å². The van der Waals surface area contributed by atoms with Gasteiger partial charge in [-0.2, -0.15) is 0 Å². The predicted octanol–water partition coefficient (Wildman–Crippen LogP) is 4.05. The Balaban J connectivity index is 1.75. The van der Waals surface area contributed by atoms with Gasteiger partial charge in [-0.1, -0.05) is 37.5 Å². The summed E-state index contributed by atoms with van der Waals surface area (Å²) >= 11 is 0. The van der Waals surface area contributed by atoms with Crippen molar-refractivity contribution in [2.24, 2.45) is 5.92 Å². The van der Waals surface area contributed by atoms with Gasteiger partial charge in [0, 0.05) is 18.2 Å². The van der Waals surface area contributed by atoms with Gasteiger partial charge in [0.2, 0.25) is 5.91 Å². The first-order valence-electron chi connectivity index (χ1n) is 9.72. The first-order valence-corrected chi connectivity index (χ1v) is 9.72. The lowest BCUT2D eigenvalue weighted by atomic mass is 9.87. The summed E-state index contributed by atoms with van der Waals surface area (Å²) in [4.78, 5) is 27.2. The van der Waals surface area contributed by atoms with Gasteiger partial charge in [-0.25, -0.2) is 4.79 Å². The van der Waals surface area contributed by atoms with Crippen molar-refractivity contribution in [2.75, 3.05) is 11.4 Å². The number of hydrogen-bond acceptors (Lipinski definition) is 3. The lowest BCUT2D eigenvalue weighted by Crippen LogP contribution is -2.52. The van der Waals surface area contributed by atoms with E-state index in [0.29, 0.717) is 13.0 Å². The highest BCUT2D eigenvalue weighted by Gasteiger charge is 2.33. The van der Waals surface area contributed by atoms with Crippen LogP contribution in [0.15, 0.2) is 24.3 Å². The highest BCUT2D eigenvalue weighted by Crippen LogP contribution is 2.32. The molecule has 5 heteroatoms. The van der Waals surface area contributed by atoms with Crippen LogP contribution in [0.25, 0.3) is 0 Å². The molecule has 2 amide bonds. The van der Waals surface area contributed by atoms with E-state index in [2.05, 4.69) is 5.32 Å². The SMILES string of the molecule is CC(C)(C)OC(=O)NC1Cc2ccccc2N(C(=O)C2CCCCC2)C1. The minimum Gasteiger partial charge on any atom is -0.444 e. The average molecular weight is 358 g/mol. The molecule has 142 valence electrons. The van der Waals surface area contributed by atoms with E-state index in [1.807, 2.05) is 49.9 Å². The van der Waals surface area contributed by atoms with Crippen LogP contribution in [0.2, 0.25) is 0 Å². The summed E-state index contributed by atoms with van der Waals surface area (Å²) in [6.45, 7) is 6.05. The molecule has 1 aromatic carbocycles. The zero-order chi connectivity index (χ0) is 18.7. The molecule has 0 spiro atoms. The van der Waals surface area contributed by atoms with Gasteiger partial charge in [-0.3, -0.25) is 4.79 Å². The van der Waals surface area contributed by atoms with Gasteiger partial charge < -0.3 is 15.0 Å². The van der Waals surface area contributed by atoms with Crippen molar-refractivity contribution < 1.29 is 14.3 Å². The fraction of sp³-hybridized carbons (Fsp3) is 0.619. The molecule has 1 aliphatic carbocycles. The summed E-state index contributed by atoms with van der Waals surface area (Å²) in [7, 11) is 0. The second-order valence-corrected chi connectivity index (χ2v) is 8.46. The summed E-state index contributed by atoms with van der Waals surface area (Å²) in [5.41, 5.74) is 1.56. The Labute approximate surface area is 156 Å². The number of carbonyl (C=O) groups excluding carboxylic acids is 2. The Morgan fingerprint density at radius 3 is 2.50 bits per heavy atom. The normalized spacial score (nSPS) is 21.0. The second kappa shape index (κ2) is 7.68. The number of rotatable bonds is 2. The maximum Gasteiger partial charge on any atom is 0.407 e. The van der Waals surface area contributed by atoms with E-state index in [0.717, 1.165) is 36.9 Å². The van der Waals surface area contributed by atoms with Gasteiger partial charge in [0.15, 0.2) is 0 Å². The first-order chi connectivity index (χ1) is 12.3. The fourth-order valence-corrected chi connectivity index (χ4v) is 3.95. The zero-order valence-electron chi connectivity index (χ0n) is 16.1. The van der Waals surface area contributed by atoms with Crippen LogP contribution >= 0.6 is 0 Å². The van der Waals surface area contributed by atoms with E-state index in [9.17, 15) is 9.59 Å². The number of nitrogens with one attached hydrogen (secondary N) is 1. The van der Waals surface area contributed by atoms with Crippen LogP contribution in [0.3, 0.4) is 0 Å². The molecule has 0 bridgehead atoms. The maximum atomic E-state index is 13.2. The van der Waals surface area contributed by atoms with Crippen molar-refractivity contribution in [1.82, 2.24) is 5.32 Å². The summed E-state index contributed by atoms with van der Waals surface area (Å²) in [5.74, 6) is 0.310. The van der Waals surface area contributed by atoms with Crippen molar-refractivity contribution in [3.63, 3.8) is 0 Å². The molecule has 1 aliphatic heterocycles. The third kappa shape index (κ3) is 4.57.